The summed E-state index contributed by atoms with van der Waals surface area (Å²) in [5.41, 5.74) is 0.399. The van der Waals surface area contributed by atoms with E-state index in [2.05, 4.69) is 31.0 Å². The van der Waals surface area contributed by atoms with E-state index < -0.39 is 0 Å². The Morgan fingerprint density at radius 3 is 2.47 bits per heavy atom. The van der Waals surface area contributed by atoms with E-state index in [1.54, 1.807) is 0 Å². The van der Waals surface area contributed by atoms with Crippen molar-refractivity contribution in [1.29, 1.82) is 0 Å². The fourth-order valence-corrected chi connectivity index (χ4v) is 3.42. The molecule has 2 unspecified atom stereocenters. The van der Waals surface area contributed by atoms with Gasteiger partial charge in [0.1, 0.15) is 0 Å². The van der Waals surface area contributed by atoms with Gasteiger partial charge >= 0.3 is 0 Å². The first-order valence-electron chi connectivity index (χ1n) is 8.68. The topological polar surface area (TPSA) is 15.3 Å². The Morgan fingerprint density at radius 2 is 1.84 bits per heavy atom. The van der Waals surface area contributed by atoms with Crippen molar-refractivity contribution < 1.29 is 0 Å². The highest BCUT2D eigenvalue weighted by molar-refractivity contribution is 4.99. The van der Waals surface area contributed by atoms with Gasteiger partial charge in [0.15, 0.2) is 0 Å². The van der Waals surface area contributed by atoms with E-state index in [1.807, 2.05) is 0 Å². The fourth-order valence-electron chi connectivity index (χ4n) is 3.42. The second kappa shape index (κ2) is 7.08. The van der Waals surface area contributed by atoms with E-state index in [9.17, 15) is 0 Å². The smallest absolute Gasteiger partial charge is 0.0303 e. The summed E-state index contributed by atoms with van der Waals surface area (Å²) < 4.78 is 0. The van der Waals surface area contributed by atoms with Gasteiger partial charge in [-0.2, -0.15) is 0 Å². The highest BCUT2D eigenvalue weighted by atomic mass is 15.3. The number of unbranched alkanes of at least 4 members (excludes halogenated alkanes) is 4. The van der Waals surface area contributed by atoms with E-state index in [0.717, 1.165) is 12.0 Å². The van der Waals surface area contributed by atoms with Crippen LogP contribution in [0.2, 0.25) is 0 Å². The molecule has 2 aliphatic rings. The van der Waals surface area contributed by atoms with Crippen molar-refractivity contribution >= 4 is 0 Å². The number of piperazine rings is 1. The first-order chi connectivity index (χ1) is 9.19. The monoisotopic (exact) mass is 266 g/mol. The molecule has 1 saturated heterocycles. The molecule has 0 aromatic heterocycles. The van der Waals surface area contributed by atoms with Gasteiger partial charge in [-0.3, -0.25) is 4.90 Å². The molecule has 0 amide bonds. The Balaban J connectivity index is 1.78. The van der Waals surface area contributed by atoms with Crippen molar-refractivity contribution in [2.24, 2.45) is 5.92 Å². The zero-order valence-electron chi connectivity index (χ0n) is 13.4. The van der Waals surface area contributed by atoms with E-state index in [0.29, 0.717) is 5.54 Å². The lowest BCUT2D eigenvalue weighted by Gasteiger charge is -2.48. The van der Waals surface area contributed by atoms with Gasteiger partial charge in [-0.15, -0.1) is 0 Å². The van der Waals surface area contributed by atoms with Crippen molar-refractivity contribution in [3.8, 4) is 0 Å². The third-order valence-electron chi connectivity index (χ3n) is 5.41. The van der Waals surface area contributed by atoms with Crippen LogP contribution in [0.5, 0.6) is 0 Å². The van der Waals surface area contributed by atoms with Gasteiger partial charge in [0.2, 0.25) is 0 Å². The molecule has 1 heterocycles. The minimum atomic E-state index is 0.399. The standard InChI is InChI=1S/C17H34N2/c1-4-6-7-8-9-12-19-13-16(15-10-11-15)18-14-17(19,3)5-2/h15-16,18H,4-14H2,1-3H3. The number of hydrogen-bond acceptors (Lipinski definition) is 2. The first-order valence-corrected chi connectivity index (χ1v) is 8.68. The van der Waals surface area contributed by atoms with Crippen molar-refractivity contribution in [2.75, 3.05) is 19.6 Å². The summed E-state index contributed by atoms with van der Waals surface area (Å²) in [5.74, 6) is 0.990. The number of hydrogen-bond donors (Lipinski definition) is 1. The maximum Gasteiger partial charge on any atom is 0.0303 e. The van der Waals surface area contributed by atoms with Crippen LogP contribution in [0, 0.1) is 5.92 Å². The molecule has 0 bridgehead atoms. The van der Waals surface area contributed by atoms with Crippen molar-refractivity contribution in [1.82, 2.24) is 10.2 Å². The van der Waals surface area contributed by atoms with Crippen LogP contribution in [0.1, 0.15) is 72.1 Å². The summed E-state index contributed by atoms with van der Waals surface area (Å²) in [6, 6.07) is 0.787. The number of nitrogens with one attached hydrogen (secondary N) is 1. The molecule has 1 N–H and O–H groups in total. The predicted octanol–water partition coefficient (Wildman–Crippen LogP) is 3.81. The van der Waals surface area contributed by atoms with Crippen LogP contribution in [-0.4, -0.2) is 36.1 Å². The van der Waals surface area contributed by atoms with Crippen molar-refractivity contribution in [2.45, 2.75) is 83.7 Å². The average Bonchev–Trinajstić information content (AvgIpc) is 3.25. The van der Waals surface area contributed by atoms with Crippen LogP contribution in [0.3, 0.4) is 0 Å². The van der Waals surface area contributed by atoms with Crippen molar-refractivity contribution in [3.63, 3.8) is 0 Å². The van der Waals surface area contributed by atoms with E-state index in [4.69, 9.17) is 0 Å². The highest BCUT2D eigenvalue weighted by Gasteiger charge is 2.41. The molecule has 2 atom stereocenters. The summed E-state index contributed by atoms with van der Waals surface area (Å²) in [6.45, 7) is 10.9. The number of nitrogens with zero attached hydrogens (tertiary/aromatic N) is 1. The summed E-state index contributed by atoms with van der Waals surface area (Å²) in [4.78, 5) is 2.80. The third-order valence-corrected chi connectivity index (χ3v) is 5.41. The SMILES string of the molecule is CCCCCCCN1CC(C2CC2)NCC1(C)CC. The second-order valence-corrected chi connectivity index (χ2v) is 7.04. The summed E-state index contributed by atoms with van der Waals surface area (Å²) >= 11 is 0. The largest absolute Gasteiger partial charge is 0.311 e. The second-order valence-electron chi connectivity index (χ2n) is 7.04. The van der Waals surface area contributed by atoms with Crippen molar-refractivity contribution in [3.05, 3.63) is 0 Å². The Kier molecular flexibility index (Phi) is 5.70. The first kappa shape index (κ1) is 15.3. The van der Waals surface area contributed by atoms with Crippen LogP contribution >= 0.6 is 0 Å². The average molecular weight is 266 g/mol. The summed E-state index contributed by atoms with van der Waals surface area (Å²) in [7, 11) is 0. The Bertz CT molecular complexity index is 262. The summed E-state index contributed by atoms with van der Waals surface area (Å²) in [6.07, 6.45) is 11.2. The third kappa shape index (κ3) is 4.19. The molecule has 2 nitrogen and oxygen atoms in total. The Hall–Kier alpha value is -0.0800. The molecule has 0 spiro atoms. The van der Waals surface area contributed by atoms with Gasteiger partial charge in [0, 0.05) is 24.7 Å². The molecule has 0 aromatic carbocycles. The molecule has 1 aliphatic heterocycles. The van der Waals surface area contributed by atoms with Gasteiger partial charge in [0.25, 0.3) is 0 Å². The van der Waals surface area contributed by atoms with E-state index >= 15 is 0 Å². The Morgan fingerprint density at radius 1 is 1.11 bits per heavy atom. The maximum atomic E-state index is 3.82. The molecule has 2 fully saturated rings. The van der Waals surface area contributed by atoms with E-state index in [1.165, 1.54) is 71.0 Å². The molecule has 2 rings (SSSR count). The molecule has 19 heavy (non-hydrogen) atoms. The molecule has 0 aromatic rings. The molecular formula is C17H34N2. The lowest BCUT2D eigenvalue weighted by atomic mass is 9.90. The fraction of sp³-hybridized carbons (Fsp3) is 1.00. The van der Waals surface area contributed by atoms with Gasteiger partial charge < -0.3 is 5.32 Å². The molecule has 2 heteroatoms. The van der Waals surface area contributed by atoms with Gasteiger partial charge in [-0.1, -0.05) is 39.5 Å². The molecule has 1 saturated carbocycles. The molecule has 112 valence electrons. The zero-order valence-corrected chi connectivity index (χ0v) is 13.4. The highest BCUT2D eigenvalue weighted by Crippen LogP contribution is 2.36. The van der Waals surface area contributed by atoms with Crippen LogP contribution in [0.15, 0.2) is 0 Å². The Labute approximate surface area is 120 Å². The van der Waals surface area contributed by atoms with Crippen LogP contribution in [0.25, 0.3) is 0 Å². The van der Waals surface area contributed by atoms with Crippen LogP contribution in [0.4, 0.5) is 0 Å². The number of rotatable bonds is 8. The zero-order chi connectivity index (χ0) is 13.7. The van der Waals surface area contributed by atoms with Gasteiger partial charge in [0.05, 0.1) is 0 Å². The predicted molar refractivity (Wildman–Crippen MR) is 83.5 cm³/mol. The lowest BCUT2D eigenvalue weighted by molar-refractivity contribution is 0.0426. The normalized spacial score (nSPS) is 32.7. The maximum absolute atomic E-state index is 3.82. The van der Waals surface area contributed by atoms with Gasteiger partial charge in [-0.25, -0.2) is 0 Å². The van der Waals surface area contributed by atoms with Gasteiger partial charge in [-0.05, 0) is 45.1 Å². The minimum absolute atomic E-state index is 0.399. The lowest BCUT2D eigenvalue weighted by Crippen LogP contribution is -2.63. The summed E-state index contributed by atoms with van der Waals surface area (Å²) in [5, 5.41) is 3.82. The molecular weight excluding hydrogens is 232 g/mol. The van der Waals surface area contributed by atoms with Crippen LogP contribution in [-0.2, 0) is 0 Å². The quantitative estimate of drug-likeness (QED) is 0.672. The molecule has 0 radical (unpaired) electrons. The van der Waals surface area contributed by atoms with Crippen LogP contribution < -0.4 is 5.32 Å². The minimum Gasteiger partial charge on any atom is -0.311 e. The molecule has 1 aliphatic carbocycles. The van der Waals surface area contributed by atoms with E-state index in [-0.39, 0.29) is 0 Å².